The number of allylic oxidation sites excluding steroid dienone is 1. The van der Waals surface area contributed by atoms with Crippen molar-refractivity contribution in [2.45, 2.75) is 59.3 Å². The molecule has 0 fully saturated rings. The number of unbranched alkanes of at least 4 members (excludes halogenated alkanes) is 1. The molecule has 1 nitrogen and oxygen atoms in total. The summed E-state index contributed by atoms with van der Waals surface area (Å²) in [6.45, 7) is 8.95. The summed E-state index contributed by atoms with van der Waals surface area (Å²) >= 11 is 0. The molecule has 0 saturated carbocycles. The first kappa shape index (κ1) is 14.7. The molecule has 0 amide bonds. The first-order chi connectivity index (χ1) is 7.35. The van der Waals surface area contributed by atoms with Crippen molar-refractivity contribution in [1.29, 1.82) is 0 Å². The molecule has 0 bridgehead atoms. The highest BCUT2D eigenvalue weighted by Gasteiger charge is 2.02. The van der Waals surface area contributed by atoms with Gasteiger partial charge in [0.15, 0.2) is 0 Å². The minimum Gasteiger partial charge on any atom is -0.317 e. The Morgan fingerprint density at radius 2 is 1.93 bits per heavy atom. The van der Waals surface area contributed by atoms with Gasteiger partial charge in [0, 0.05) is 0 Å². The first-order valence-electron chi connectivity index (χ1n) is 6.70. The van der Waals surface area contributed by atoms with Gasteiger partial charge in [-0.3, -0.25) is 0 Å². The zero-order valence-electron chi connectivity index (χ0n) is 10.9. The van der Waals surface area contributed by atoms with E-state index in [4.69, 9.17) is 0 Å². The number of hydrogen-bond acceptors (Lipinski definition) is 1. The topological polar surface area (TPSA) is 12.0 Å². The molecule has 1 unspecified atom stereocenters. The Hall–Kier alpha value is -0.300. The van der Waals surface area contributed by atoms with Crippen LogP contribution in [0.2, 0.25) is 0 Å². The highest BCUT2D eigenvalue weighted by Crippen LogP contribution is 2.16. The van der Waals surface area contributed by atoms with Crippen LogP contribution in [0.1, 0.15) is 59.3 Å². The molecular weight excluding hydrogens is 182 g/mol. The molecule has 0 spiro atoms. The summed E-state index contributed by atoms with van der Waals surface area (Å²) in [5.74, 6) is 0.917. The van der Waals surface area contributed by atoms with Gasteiger partial charge in [-0.1, -0.05) is 58.6 Å². The molecule has 1 N–H and O–H groups in total. The van der Waals surface area contributed by atoms with Gasteiger partial charge in [-0.05, 0) is 31.8 Å². The second-order valence-electron chi connectivity index (χ2n) is 4.27. The number of hydrogen-bond donors (Lipinski definition) is 1. The van der Waals surface area contributed by atoms with Crippen LogP contribution < -0.4 is 5.32 Å². The summed E-state index contributed by atoms with van der Waals surface area (Å²) in [7, 11) is 0. The van der Waals surface area contributed by atoms with Crippen LogP contribution in [0, 0.1) is 5.92 Å². The van der Waals surface area contributed by atoms with E-state index in [1.54, 1.807) is 0 Å². The fraction of sp³-hybridized carbons (Fsp3) is 0.857. The Bertz CT molecular complexity index is 140. The summed E-state index contributed by atoms with van der Waals surface area (Å²) < 4.78 is 0. The molecule has 1 heteroatoms. The fourth-order valence-corrected chi connectivity index (χ4v) is 1.75. The van der Waals surface area contributed by atoms with Crippen LogP contribution in [-0.4, -0.2) is 13.1 Å². The summed E-state index contributed by atoms with van der Waals surface area (Å²) in [5, 5.41) is 3.33. The van der Waals surface area contributed by atoms with Gasteiger partial charge >= 0.3 is 0 Å². The third-order valence-electron chi connectivity index (χ3n) is 2.92. The molecule has 0 aromatic heterocycles. The second kappa shape index (κ2) is 11.8. The molecule has 15 heavy (non-hydrogen) atoms. The monoisotopic (exact) mass is 211 g/mol. The van der Waals surface area contributed by atoms with Crippen LogP contribution in [0.25, 0.3) is 0 Å². The third-order valence-corrected chi connectivity index (χ3v) is 2.92. The van der Waals surface area contributed by atoms with Gasteiger partial charge in [-0.15, -0.1) is 0 Å². The minimum absolute atomic E-state index is 0.917. The SMILES string of the molecule is CCCCC(CC)CC=CCCNCC. The first-order valence-corrected chi connectivity index (χ1v) is 6.70. The Kier molecular flexibility index (Phi) is 11.5. The van der Waals surface area contributed by atoms with Crippen LogP contribution in [0.4, 0.5) is 0 Å². The summed E-state index contributed by atoms with van der Waals surface area (Å²) in [4.78, 5) is 0. The molecule has 0 aliphatic heterocycles. The van der Waals surface area contributed by atoms with Gasteiger partial charge in [-0.25, -0.2) is 0 Å². The molecule has 0 saturated heterocycles. The third kappa shape index (κ3) is 9.99. The highest BCUT2D eigenvalue weighted by atomic mass is 14.8. The molecule has 1 atom stereocenters. The van der Waals surface area contributed by atoms with Crippen molar-refractivity contribution in [2.75, 3.05) is 13.1 Å². The van der Waals surface area contributed by atoms with Crippen molar-refractivity contribution >= 4 is 0 Å². The molecule has 90 valence electrons. The molecule has 0 rings (SSSR count). The molecular formula is C14H29N. The van der Waals surface area contributed by atoms with Crippen molar-refractivity contribution in [1.82, 2.24) is 5.32 Å². The zero-order valence-corrected chi connectivity index (χ0v) is 10.9. The lowest BCUT2D eigenvalue weighted by molar-refractivity contribution is 0.456. The molecule has 0 aliphatic rings. The number of rotatable bonds is 10. The second-order valence-corrected chi connectivity index (χ2v) is 4.27. The van der Waals surface area contributed by atoms with E-state index >= 15 is 0 Å². The number of nitrogens with one attached hydrogen (secondary N) is 1. The lowest BCUT2D eigenvalue weighted by Gasteiger charge is -2.11. The zero-order chi connectivity index (χ0) is 11.4. The maximum Gasteiger partial charge on any atom is -0.00144 e. The lowest BCUT2D eigenvalue weighted by atomic mass is 9.96. The highest BCUT2D eigenvalue weighted by molar-refractivity contribution is 4.84. The summed E-state index contributed by atoms with van der Waals surface area (Å²) in [6.07, 6.45) is 12.6. The van der Waals surface area contributed by atoms with Crippen LogP contribution in [-0.2, 0) is 0 Å². The Morgan fingerprint density at radius 1 is 1.13 bits per heavy atom. The van der Waals surface area contributed by atoms with Gasteiger partial charge in [0.05, 0.1) is 0 Å². The van der Waals surface area contributed by atoms with Crippen molar-refractivity contribution in [3.63, 3.8) is 0 Å². The van der Waals surface area contributed by atoms with Gasteiger partial charge in [0.1, 0.15) is 0 Å². The predicted octanol–water partition coefficient (Wildman–Crippen LogP) is 4.15. The summed E-state index contributed by atoms with van der Waals surface area (Å²) in [6, 6.07) is 0. The van der Waals surface area contributed by atoms with E-state index in [2.05, 4.69) is 38.2 Å². The minimum atomic E-state index is 0.917. The van der Waals surface area contributed by atoms with Crippen molar-refractivity contribution in [3.8, 4) is 0 Å². The van der Waals surface area contributed by atoms with Crippen molar-refractivity contribution in [3.05, 3.63) is 12.2 Å². The Balaban J connectivity index is 3.43. The fourth-order valence-electron chi connectivity index (χ4n) is 1.75. The van der Waals surface area contributed by atoms with E-state index in [-0.39, 0.29) is 0 Å². The van der Waals surface area contributed by atoms with E-state index in [0.717, 1.165) is 19.0 Å². The average Bonchev–Trinajstić information content (AvgIpc) is 2.27. The maximum absolute atomic E-state index is 3.33. The quantitative estimate of drug-likeness (QED) is 0.423. The summed E-state index contributed by atoms with van der Waals surface area (Å²) in [5.41, 5.74) is 0. The normalized spacial score (nSPS) is 13.5. The molecule has 0 aromatic carbocycles. The van der Waals surface area contributed by atoms with Gasteiger partial charge in [-0.2, -0.15) is 0 Å². The molecule has 0 radical (unpaired) electrons. The van der Waals surface area contributed by atoms with E-state index < -0.39 is 0 Å². The van der Waals surface area contributed by atoms with Crippen LogP contribution in [0.5, 0.6) is 0 Å². The van der Waals surface area contributed by atoms with Gasteiger partial charge < -0.3 is 5.32 Å². The van der Waals surface area contributed by atoms with E-state index in [0.29, 0.717) is 0 Å². The van der Waals surface area contributed by atoms with Gasteiger partial charge in [0.25, 0.3) is 0 Å². The largest absolute Gasteiger partial charge is 0.317 e. The van der Waals surface area contributed by atoms with E-state index in [9.17, 15) is 0 Å². The Morgan fingerprint density at radius 3 is 2.53 bits per heavy atom. The Labute approximate surface area is 96.3 Å². The smallest absolute Gasteiger partial charge is 0.00144 e. The van der Waals surface area contributed by atoms with Gasteiger partial charge in [0.2, 0.25) is 0 Å². The standard InChI is InChI=1S/C14H29N/c1-4-7-11-14(5-2)12-9-8-10-13-15-6-3/h8-9,14-15H,4-7,10-13H2,1-3H3. The predicted molar refractivity (Wildman–Crippen MR) is 70.2 cm³/mol. The maximum atomic E-state index is 3.33. The van der Waals surface area contributed by atoms with Crippen LogP contribution >= 0.6 is 0 Å². The lowest BCUT2D eigenvalue weighted by Crippen LogP contribution is -2.12. The molecule has 0 aromatic rings. The van der Waals surface area contributed by atoms with Crippen LogP contribution in [0.15, 0.2) is 12.2 Å². The van der Waals surface area contributed by atoms with Crippen molar-refractivity contribution in [2.24, 2.45) is 5.92 Å². The average molecular weight is 211 g/mol. The van der Waals surface area contributed by atoms with E-state index in [1.165, 1.54) is 38.5 Å². The molecule has 0 aliphatic carbocycles. The molecule has 0 heterocycles. The van der Waals surface area contributed by atoms with Crippen molar-refractivity contribution < 1.29 is 0 Å². The van der Waals surface area contributed by atoms with Crippen LogP contribution in [0.3, 0.4) is 0 Å². The van der Waals surface area contributed by atoms with E-state index in [1.807, 2.05) is 0 Å².